The lowest BCUT2D eigenvalue weighted by atomic mass is 10.2. The fraction of sp³-hybridized carbons (Fsp3) is 0.500. The summed E-state index contributed by atoms with van der Waals surface area (Å²) in [5, 5.41) is 5.37. The first-order chi connectivity index (χ1) is 7.00. The van der Waals surface area contributed by atoms with Crippen molar-refractivity contribution >= 4 is 33.2 Å². The number of halogens is 1. The van der Waals surface area contributed by atoms with Crippen molar-refractivity contribution < 1.29 is 4.79 Å². The zero-order valence-corrected chi connectivity index (χ0v) is 11.2. The van der Waals surface area contributed by atoms with Crippen molar-refractivity contribution in [2.45, 2.75) is 32.4 Å². The minimum absolute atomic E-state index is 0.103. The summed E-state index contributed by atoms with van der Waals surface area (Å²) in [6.45, 7) is 4.04. The highest BCUT2D eigenvalue weighted by Gasteiger charge is 2.14. The summed E-state index contributed by atoms with van der Waals surface area (Å²) in [5.74, 6) is -0.271. The van der Waals surface area contributed by atoms with Gasteiger partial charge >= 0.3 is 0 Å². The molecule has 0 saturated heterocycles. The zero-order chi connectivity index (χ0) is 11.4. The normalized spacial score (nSPS) is 14.9. The fourth-order valence-electron chi connectivity index (χ4n) is 1.48. The van der Waals surface area contributed by atoms with Gasteiger partial charge in [0.1, 0.15) is 0 Å². The van der Waals surface area contributed by atoms with Gasteiger partial charge in [0.05, 0.1) is 0 Å². The van der Waals surface area contributed by atoms with Crippen molar-refractivity contribution in [3.05, 3.63) is 20.8 Å². The van der Waals surface area contributed by atoms with Crippen LogP contribution in [0.5, 0.6) is 0 Å². The largest absolute Gasteiger partial charge is 0.370 e. The third kappa shape index (κ3) is 3.93. The number of carbonyl (C=O) groups excluding carboxylic acids is 1. The first kappa shape index (κ1) is 12.7. The van der Waals surface area contributed by atoms with Crippen LogP contribution in [-0.2, 0) is 4.79 Å². The van der Waals surface area contributed by atoms with E-state index < -0.39 is 0 Å². The van der Waals surface area contributed by atoms with Gasteiger partial charge in [0.15, 0.2) is 0 Å². The minimum atomic E-state index is -0.271. The van der Waals surface area contributed by atoms with Gasteiger partial charge in [-0.25, -0.2) is 0 Å². The lowest BCUT2D eigenvalue weighted by molar-refractivity contribution is -0.118. The van der Waals surface area contributed by atoms with Crippen LogP contribution in [0.2, 0.25) is 0 Å². The predicted molar refractivity (Wildman–Crippen MR) is 66.8 cm³/mol. The summed E-state index contributed by atoms with van der Waals surface area (Å²) in [6.07, 6.45) is 0.368. The summed E-state index contributed by atoms with van der Waals surface area (Å²) >= 11 is 5.18. The van der Waals surface area contributed by atoms with Crippen LogP contribution in [0.4, 0.5) is 0 Å². The molecule has 84 valence electrons. The SMILES string of the molecule is CC(CC(N)=O)NC(C)c1sccc1Br. The van der Waals surface area contributed by atoms with E-state index in [1.807, 2.05) is 18.4 Å². The monoisotopic (exact) mass is 290 g/mol. The highest BCUT2D eigenvalue weighted by molar-refractivity contribution is 9.10. The van der Waals surface area contributed by atoms with Crippen LogP contribution in [0.25, 0.3) is 0 Å². The molecule has 3 nitrogen and oxygen atoms in total. The highest BCUT2D eigenvalue weighted by atomic mass is 79.9. The molecule has 0 aliphatic heterocycles. The number of amides is 1. The van der Waals surface area contributed by atoms with Crippen molar-refractivity contribution in [2.24, 2.45) is 5.73 Å². The maximum atomic E-state index is 10.7. The Morgan fingerprint density at radius 1 is 1.67 bits per heavy atom. The van der Waals surface area contributed by atoms with Crippen LogP contribution in [0.3, 0.4) is 0 Å². The molecule has 1 heterocycles. The van der Waals surface area contributed by atoms with Crippen LogP contribution in [-0.4, -0.2) is 11.9 Å². The second-order valence-corrected chi connectivity index (χ2v) is 5.39. The van der Waals surface area contributed by atoms with Crippen molar-refractivity contribution in [1.82, 2.24) is 5.32 Å². The van der Waals surface area contributed by atoms with Gasteiger partial charge in [0.2, 0.25) is 5.91 Å². The Morgan fingerprint density at radius 2 is 2.33 bits per heavy atom. The van der Waals surface area contributed by atoms with Crippen molar-refractivity contribution in [3.8, 4) is 0 Å². The van der Waals surface area contributed by atoms with Crippen LogP contribution >= 0.6 is 27.3 Å². The number of nitrogens with two attached hydrogens (primary N) is 1. The molecular weight excluding hydrogens is 276 g/mol. The molecule has 0 saturated carbocycles. The molecule has 0 aromatic carbocycles. The van der Waals surface area contributed by atoms with E-state index in [0.29, 0.717) is 6.42 Å². The Kier molecular flexibility index (Phi) is 4.76. The number of nitrogens with one attached hydrogen (secondary N) is 1. The molecule has 0 fully saturated rings. The molecule has 15 heavy (non-hydrogen) atoms. The predicted octanol–water partition coefficient (Wildman–Crippen LogP) is 2.43. The van der Waals surface area contributed by atoms with Gasteiger partial charge in [-0.05, 0) is 41.2 Å². The lowest BCUT2D eigenvalue weighted by Gasteiger charge is -2.18. The van der Waals surface area contributed by atoms with Crippen molar-refractivity contribution in [3.63, 3.8) is 0 Å². The molecule has 1 aromatic heterocycles. The summed E-state index contributed by atoms with van der Waals surface area (Å²) in [5.41, 5.74) is 5.13. The van der Waals surface area contributed by atoms with Gasteiger partial charge in [-0.15, -0.1) is 11.3 Å². The summed E-state index contributed by atoms with van der Waals surface area (Å²) in [7, 11) is 0. The topological polar surface area (TPSA) is 55.1 Å². The van der Waals surface area contributed by atoms with Gasteiger partial charge in [0.25, 0.3) is 0 Å². The second-order valence-electron chi connectivity index (χ2n) is 3.59. The van der Waals surface area contributed by atoms with E-state index in [4.69, 9.17) is 5.73 Å². The van der Waals surface area contributed by atoms with Gasteiger partial charge in [-0.1, -0.05) is 0 Å². The highest BCUT2D eigenvalue weighted by Crippen LogP contribution is 2.28. The molecule has 3 N–H and O–H groups in total. The molecule has 0 aliphatic carbocycles. The van der Waals surface area contributed by atoms with E-state index in [1.54, 1.807) is 11.3 Å². The van der Waals surface area contributed by atoms with Crippen LogP contribution < -0.4 is 11.1 Å². The lowest BCUT2D eigenvalue weighted by Crippen LogP contribution is -2.32. The molecule has 1 rings (SSSR count). The molecular formula is C10H15BrN2OS. The molecule has 1 aromatic rings. The molecule has 0 radical (unpaired) electrons. The Labute approximate surface area is 102 Å². The Morgan fingerprint density at radius 3 is 2.80 bits per heavy atom. The molecule has 2 atom stereocenters. The summed E-state index contributed by atoms with van der Waals surface area (Å²) < 4.78 is 1.11. The number of hydrogen-bond donors (Lipinski definition) is 2. The van der Waals surface area contributed by atoms with E-state index >= 15 is 0 Å². The number of thiophene rings is 1. The van der Waals surface area contributed by atoms with E-state index in [2.05, 4.69) is 28.2 Å². The number of rotatable bonds is 5. The first-order valence-corrected chi connectivity index (χ1v) is 6.45. The van der Waals surface area contributed by atoms with Crippen molar-refractivity contribution in [1.29, 1.82) is 0 Å². The smallest absolute Gasteiger partial charge is 0.218 e. The van der Waals surface area contributed by atoms with Gasteiger partial charge < -0.3 is 11.1 Å². The zero-order valence-electron chi connectivity index (χ0n) is 8.79. The minimum Gasteiger partial charge on any atom is -0.370 e. The van der Waals surface area contributed by atoms with E-state index in [-0.39, 0.29) is 18.0 Å². The van der Waals surface area contributed by atoms with Crippen LogP contribution in [0.1, 0.15) is 31.2 Å². The van der Waals surface area contributed by atoms with E-state index in [9.17, 15) is 4.79 Å². The molecule has 5 heteroatoms. The van der Waals surface area contributed by atoms with Crippen LogP contribution in [0.15, 0.2) is 15.9 Å². The average molecular weight is 291 g/mol. The van der Waals surface area contributed by atoms with Crippen LogP contribution in [0, 0.1) is 0 Å². The third-order valence-electron chi connectivity index (χ3n) is 2.08. The fourth-order valence-corrected chi connectivity index (χ4v) is 3.21. The second kappa shape index (κ2) is 5.63. The molecule has 0 aliphatic rings. The summed E-state index contributed by atoms with van der Waals surface area (Å²) in [6, 6.07) is 2.36. The van der Waals surface area contributed by atoms with Gasteiger partial charge in [-0.3, -0.25) is 4.79 Å². The van der Waals surface area contributed by atoms with Gasteiger partial charge in [0, 0.05) is 27.9 Å². The average Bonchev–Trinajstić information content (AvgIpc) is 2.49. The quantitative estimate of drug-likeness (QED) is 0.875. The Bertz CT molecular complexity index is 340. The standard InChI is InChI=1S/C10H15BrN2OS/c1-6(5-9(12)14)13-7(2)10-8(11)3-4-15-10/h3-4,6-7,13H,5H2,1-2H3,(H2,12,14). The first-order valence-electron chi connectivity index (χ1n) is 4.78. The molecule has 1 amide bonds. The maximum absolute atomic E-state index is 10.7. The number of hydrogen-bond acceptors (Lipinski definition) is 3. The Hall–Kier alpha value is -0.390. The molecule has 0 bridgehead atoms. The molecule has 0 spiro atoms. The summed E-state index contributed by atoms with van der Waals surface area (Å²) in [4.78, 5) is 12.0. The maximum Gasteiger partial charge on any atom is 0.218 e. The third-order valence-corrected chi connectivity index (χ3v) is 4.13. The number of carbonyl (C=O) groups is 1. The van der Waals surface area contributed by atoms with E-state index in [1.165, 1.54) is 4.88 Å². The van der Waals surface area contributed by atoms with Crippen molar-refractivity contribution in [2.75, 3.05) is 0 Å². The van der Waals surface area contributed by atoms with Gasteiger partial charge in [-0.2, -0.15) is 0 Å². The Balaban J connectivity index is 2.52. The molecule has 2 unspecified atom stereocenters. The number of primary amides is 1. The van der Waals surface area contributed by atoms with E-state index in [0.717, 1.165) is 4.47 Å².